The predicted molar refractivity (Wildman–Crippen MR) is 63.2 cm³/mol. The first-order valence-electron chi connectivity index (χ1n) is 5.68. The van der Waals surface area contributed by atoms with Crippen molar-refractivity contribution in [3.8, 4) is 0 Å². The highest BCUT2D eigenvalue weighted by atomic mass is 19.4. The van der Waals surface area contributed by atoms with Crippen LogP contribution in [0.1, 0.15) is 5.56 Å². The fourth-order valence-corrected chi connectivity index (χ4v) is 1.02. The van der Waals surface area contributed by atoms with Gasteiger partial charge < -0.3 is 14.6 Å². The molecule has 118 valence electrons. The molecule has 0 fully saturated rings. The summed E-state index contributed by atoms with van der Waals surface area (Å²) < 4.78 is 36.5. The number of ether oxygens (including phenoxy) is 1. The molecule has 9 heteroatoms. The molecule has 0 bridgehead atoms. The number of hydrogen-bond donors (Lipinski definition) is 2. The maximum absolute atomic E-state index is 11.1. The third-order valence-corrected chi connectivity index (χ3v) is 1.90. The number of aliphatic carboxylic acids is 1. The molecule has 1 rings (SSSR count). The topological polar surface area (TPSA) is 96.9 Å². The molecule has 0 amide bonds. The van der Waals surface area contributed by atoms with E-state index in [9.17, 15) is 18.0 Å². The van der Waals surface area contributed by atoms with Crippen molar-refractivity contribution in [2.45, 2.75) is 12.8 Å². The minimum atomic E-state index is -5.19. The van der Waals surface area contributed by atoms with Crippen LogP contribution < -0.4 is 16.0 Å². The summed E-state index contributed by atoms with van der Waals surface area (Å²) in [5.41, 5.74) is 0.982. The van der Waals surface area contributed by atoms with Crippen molar-refractivity contribution < 1.29 is 37.6 Å². The van der Waals surface area contributed by atoms with Gasteiger partial charge in [-0.15, -0.1) is 0 Å². The number of benzene rings is 1. The van der Waals surface area contributed by atoms with E-state index >= 15 is 0 Å². The molecule has 0 aromatic heterocycles. The van der Waals surface area contributed by atoms with E-state index in [2.05, 4.69) is 0 Å². The van der Waals surface area contributed by atoms with Gasteiger partial charge in [-0.2, -0.15) is 19.0 Å². The number of esters is 1. The first kappa shape index (κ1) is 18.9. The minimum absolute atomic E-state index is 0.187. The predicted octanol–water partition coefficient (Wildman–Crippen LogP) is -1.58. The van der Waals surface area contributed by atoms with Crippen LogP contribution in [0.25, 0.3) is 0 Å². The van der Waals surface area contributed by atoms with Crippen LogP contribution in [0.3, 0.4) is 0 Å². The van der Waals surface area contributed by atoms with Crippen LogP contribution in [0.2, 0.25) is 0 Å². The Kier molecular flexibility index (Phi) is 8.02. The fourth-order valence-electron chi connectivity index (χ4n) is 1.02. The molecule has 0 spiro atoms. The standard InChI is InChI=1S/C10H14N2O2.C2HF3O2/c1-12(11)7-10(13)14-8-9-5-3-2-4-6-9;3-2(4,5)1(6)7/h2-6H,7-8,11H2,1H3;(H,6,7). The van der Waals surface area contributed by atoms with E-state index in [1.165, 1.54) is 0 Å². The van der Waals surface area contributed by atoms with Gasteiger partial charge in [-0.25, -0.2) is 4.79 Å². The molecule has 21 heavy (non-hydrogen) atoms. The van der Waals surface area contributed by atoms with Crippen molar-refractivity contribution in [2.75, 3.05) is 13.6 Å². The first-order valence-corrected chi connectivity index (χ1v) is 5.68. The Bertz CT molecular complexity index is 450. The summed E-state index contributed by atoms with van der Waals surface area (Å²) in [7, 11) is 1.70. The van der Waals surface area contributed by atoms with E-state index < -0.39 is 12.1 Å². The van der Waals surface area contributed by atoms with Gasteiger partial charge in [-0.3, -0.25) is 5.01 Å². The molecule has 1 unspecified atom stereocenters. The van der Waals surface area contributed by atoms with Crippen LogP contribution >= 0.6 is 0 Å². The number of hydrogen-bond acceptors (Lipinski definition) is 5. The number of alkyl halides is 3. The van der Waals surface area contributed by atoms with E-state index in [-0.39, 0.29) is 12.5 Å². The van der Waals surface area contributed by atoms with Crippen molar-refractivity contribution in [3.05, 3.63) is 35.9 Å². The van der Waals surface area contributed by atoms with Crippen LogP contribution in [0.4, 0.5) is 13.2 Å². The van der Waals surface area contributed by atoms with Gasteiger partial charge in [-0.1, -0.05) is 30.3 Å². The zero-order chi connectivity index (χ0) is 16.5. The van der Waals surface area contributed by atoms with Gasteiger partial charge in [0.2, 0.25) is 0 Å². The zero-order valence-corrected chi connectivity index (χ0v) is 11.1. The molecule has 3 N–H and O–H groups in total. The fraction of sp³-hybridized carbons (Fsp3) is 0.333. The Balaban J connectivity index is 0.000000486. The molecule has 0 aliphatic heterocycles. The molecule has 0 aliphatic rings. The van der Waals surface area contributed by atoms with Gasteiger partial charge in [0.15, 0.2) is 6.54 Å². The van der Waals surface area contributed by atoms with Gasteiger partial charge in [0.05, 0.1) is 7.05 Å². The molecule has 0 radical (unpaired) electrons. The van der Waals surface area contributed by atoms with Gasteiger partial charge in [0, 0.05) is 0 Å². The Morgan fingerprint density at radius 3 is 2.14 bits per heavy atom. The number of rotatable bonds is 4. The Hall–Kier alpha value is -2.13. The number of quaternary nitrogens is 1. The summed E-state index contributed by atoms with van der Waals surface area (Å²) in [6.45, 7) is 0.500. The normalized spacial score (nSPS) is 11.9. The Morgan fingerprint density at radius 1 is 1.29 bits per heavy atom. The average molecular weight is 308 g/mol. The van der Waals surface area contributed by atoms with Gasteiger partial charge in [-0.05, 0) is 5.56 Å². The molecule has 0 aliphatic carbocycles. The second kappa shape index (κ2) is 8.93. The minimum Gasteiger partial charge on any atom is -0.542 e. The van der Waals surface area contributed by atoms with Crippen molar-refractivity contribution in [1.82, 2.24) is 0 Å². The van der Waals surface area contributed by atoms with Gasteiger partial charge in [0.1, 0.15) is 12.6 Å². The molecular formula is C12H15F3N2O4. The number of carbonyl (C=O) groups is 2. The molecule has 0 heterocycles. The third-order valence-electron chi connectivity index (χ3n) is 1.90. The number of halogens is 3. The number of nitrogens with two attached hydrogens (primary N) is 1. The van der Waals surface area contributed by atoms with Crippen LogP contribution in [-0.2, 0) is 20.9 Å². The maximum atomic E-state index is 11.1. The Morgan fingerprint density at radius 2 is 1.76 bits per heavy atom. The number of carbonyl (C=O) groups excluding carboxylic acids is 2. The molecule has 1 aromatic rings. The Labute approximate surface area is 118 Å². The van der Waals surface area contributed by atoms with Crippen LogP contribution in [-0.4, -0.2) is 31.7 Å². The summed E-state index contributed by atoms with van der Waals surface area (Å²) in [5, 5.41) is 9.36. The highest BCUT2D eigenvalue weighted by molar-refractivity contribution is 5.70. The summed E-state index contributed by atoms with van der Waals surface area (Å²) in [6.07, 6.45) is -5.19. The van der Waals surface area contributed by atoms with Crippen molar-refractivity contribution in [2.24, 2.45) is 5.84 Å². The highest BCUT2D eigenvalue weighted by Crippen LogP contribution is 2.11. The molecular weight excluding hydrogens is 293 g/mol. The largest absolute Gasteiger partial charge is 0.542 e. The van der Waals surface area contributed by atoms with Crippen molar-refractivity contribution in [3.63, 3.8) is 0 Å². The third kappa shape index (κ3) is 10.3. The lowest BCUT2D eigenvalue weighted by atomic mass is 10.2. The molecule has 0 saturated carbocycles. The SMILES string of the molecule is C[NH+](N)CC(=O)OCc1ccccc1.O=C([O-])C(F)(F)F. The van der Waals surface area contributed by atoms with Crippen molar-refractivity contribution in [1.29, 1.82) is 0 Å². The lowest BCUT2D eigenvalue weighted by Crippen LogP contribution is -3.15. The lowest BCUT2D eigenvalue weighted by Gasteiger charge is -2.06. The second-order valence-corrected chi connectivity index (χ2v) is 3.95. The van der Waals surface area contributed by atoms with Crippen LogP contribution in [0.5, 0.6) is 0 Å². The van der Waals surface area contributed by atoms with E-state index in [4.69, 9.17) is 20.5 Å². The summed E-state index contributed by atoms with van der Waals surface area (Å²) >= 11 is 0. The quantitative estimate of drug-likeness (QED) is 0.397. The van der Waals surface area contributed by atoms with Gasteiger partial charge in [0.25, 0.3) is 0 Å². The zero-order valence-electron chi connectivity index (χ0n) is 11.1. The van der Waals surface area contributed by atoms with Crippen LogP contribution in [0.15, 0.2) is 30.3 Å². The number of likely N-dealkylation sites (N-methyl/N-ethyl adjacent to an activating group) is 1. The van der Waals surface area contributed by atoms with E-state index in [1.807, 2.05) is 30.3 Å². The summed E-state index contributed by atoms with van der Waals surface area (Å²) in [4.78, 5) is 19.9. The summed E-state index contributed by atoms with van der Waals surface area (Å²) in [5.74, 6) is 2.09. The van der Waals surface area contributed by atoms with Gasteiger partial charge >= 0.3 is 12.1 Å². The molecule has 1 aromatic carbocycles. The molecule has 1 atom stereocenters. The van der Waals surface area contributed by atoms with Crippen molar-refractivity contribution >= 4 is 11.9 Å². The number of nitrogens with one attached hydrogen (secondary N) is 1. The second-order valence-electron chi connectivity index (χ2n) is 3.95. The van der Waals surface area contributed by atoms with Crippen LogP contribution in [0, 0.1) is 0 Å². The smallest absolute Gasteiger partial charge is 0.430 e. The highest BCUT2D eigenvalue weighted by Gasteiger charge is 2.28. The van der Waals surface area contributed by atoms with E-state index in [1.54, 1.807) is 7.05 Å². The molecule has 0 saturated heterocycles. The average Bonchev–Trinajstić information content (AvgIpc) is 2.36. The lowest BCUT2D eigenvalue weighted by molar-refractivity contribution is -0.884. The monoisotopic (exact) mass is 308 g/mol. The first-order chi connectivity index (χ1) is 9.62. The number of carboxylic acid groups (broad SMARTS) is 1. The van der Waals surface area contributed by atoms with E-state index in [0.29, 0.717) is 11.6 Å². The van der Waals surface area contributed by atoms with E-state index in [0.717, 1.165) is 5.56 Å². The maximum Gasteiger partial charge on any atom is 0.430 e. The number of carboxylic acids is 1. The summed E-state index contributed by atoms with van der Waals surface area (Å²) in [6, 6.07) is 9.55. The molecule has 6 nitrogen and oxygen atoms in total.